The van der Waals surface area contributed by atoms with Crippen molar-refractivity contribution in [3.05, 3.63) is 105 Å². The molecule has 3 rings (SSSR count). The van der Waals surface area contributed by atoms with Crippen LogP contribution in [-0.4, -0.2) is 17.4 Å². The summed E-state index contributed by atoms with van der Waals surface area (Å²) in [7, 11) is 0. The van der Waals surface area contributed by atoms with Crippen LogP contribution in [0, 0.1) is 37.5 Å². The van der Waals surface area contributed by atoms with Gasteiger partial charge in [-0.3, -0.25) is 4.79 Å². The van der Waals surface area contributed by atoms with Crippen molar-refractivity contribution in [3.8, 4) is 23.7 Å². The van der Waals surface area contributed by atoms with Gasteiger partial charge in [-0.15, -0.1) is 0 Å². The van der Waals surface area contributed by atoms with Crippen LogP contribution in [0.5, 0.6) is 0 Å². The third kappa shape index (κ3) is 5.01. The molecule has 0 aliphatic heterocycles. The lowest BCUT2D eigenvalue weighted by atomic mass is 9.99. The quantitative estimate of drug-likeness (QED) is 0.523. The molecule has 3 heteroatoms. The first kappa shape index (κ1) is 19.7. The summed E-state index contributed by atoms with van der Waals surface area (Å²) in [5.41, 5.74) is 6.36. The minimum absolute atomic E-state index is 0.242. The zero-order valence-corrected chi connectivity index (χ0v) is 16.1. The summed E-state index contributed by atoms with van der Waals surface area (Å²) < 4.78 is 0. The maximum atomic E-state index is 10.9. The zero-order valence-electron chi connectivity index (χ0n) is 16.1. The Bertz CT molecular complexity index is 1190. The van der Waals surface area contributed by atoms with Crippen LogP contribution < -0.4 is 0 Å². The standard InChI is InChI=1S/C26H18O3/c1-18-16-25(14-10-21-7-11-23(12-8-21)26(28)29)19(2)15-24(18)13-9-20-3-5-22(17-27)6-4-20/h3-8,11-12,15-17H,1-2H3,(H,28,29). The molecule has 0 saturated carbocycles. The summed E-state index contributed by atoms with van der Waals surface area (Å²) in [4.78, 5) is 21.6. The van der Waals surface area contributed by atoms with Crippen LogP contribution in [0.4, 0.5) is 0 Å². The summed E-state index contributed by atoms with van der Waals surface area (Å²) >= 11 is 0. The second-order valence-electron chi connectivity index (χ2n) is 6.60. The number of aromatic carboxylic acids is 1. The number of benzene rings is 3. The number of carboxylic acid groups (broad SMARTS) is 1. The highest BCUT2D eigenvalue weighted by atomic mass is 16.4. The molecule has 0 bridgehead atoms. The van der Waals surface area contributed by atoms with E-state index >= 15 is 0 Å². The van der Waals surface area contributed by atoms with E-state index in [-0.39, 0.29) is 5.56 Å². The Balaban J connectivity index is 1.84. The van der Waals surface area contributed by atoms with Crippen LogP contribution in [0.25, 0.3) is 0 Å². The van der Waals surface area contributed by atoms with E-state index in [0.29, 0.717) is 5.56 Å². The molecule has 0 atom stereocenters. The lowest BCUT2D eigenvalue weighted by Crippen LogP contribution is -1.95. The number of aldehydes is 1. The maximum Gasteiger partial charge on any atom is 0.335 e. The first-order valence-corrected chi connectivity index (χ1v) is 9.00. The second kappa shape index (κ2) is 8.74. The monoisotopic (exact) mass is 378 g/mol. The molecule has 0 radical (unpaired) electrons. The summed E-state index contributed by atoms with van der Waals surface area (Å²) in [6.07, 6.45) is 0.811. The number of carbonyl (C=O) groups excluding carboxylic acids is 1. The molecule has 29 heavy (non-hydrogen) atoms. The molecule has 0 unspecified atom stereocenters. The first-order valence-electron chi connectivity index (χ1n) is 9.00. The van der Waals surface area contributed by atoms with Gasteiger partial charge < -0.3 is 5.11 Å². The molecular formula is C26H18O3. The van der Waals surface area contributed by atoms with E-state index in [1.54, 1.807) is 36.4 Å². The number of aryl methyl sites for hydroxylation is 2. The Morgan fingerprint density at radius 2 is 1.21 bits per heavy atom. The molecule has 0 aromatic heterocycles. The fourth-order valence-electron chi connectivity index (χ4n) is 2.71. The SMILES string of the molecule is Cc1cc(C#Cc2ccc(C(=O)O)cc2)c(C)cc1C#Cc1ccc(C=O)cc1. The molecule has 1 N–H and O–H groups in total. The van der Waals surface area contributed by atoms with Gasteiger partial charge in [-0.2, -0.15) is 0 Å². The molecule has 0 spiro atoms. The van der Waals surface area contributed by atoms with Gasteiger partial charge in [0.2, 0.25) is 0 Å². The average Bonchev–Trinajstić information content (AvgIpc) is 2.73. The largest absolute Gasteiger partial charge is 0.478 e. The van der Waals surface area contributed by atoms with Gasteiger partial charge in [0.15, 0.2) is 0 Å². The fourth-order valence-corrected chi connectivity index (χ4v) is 2.71. The summed E-state index contributed by atoms with van der Waals surface area (Å²) in [6.45, 7) is 3.98. The number of hydrogen-bond acceptors (Lipinski definition) is 2. The van der Waals surface area contributed by atoms with Crippen molar-refractivity contribution in [2.75, 3.05) is 0 Å². The molecule has 3 nitrogen and oxygen atoms in total. The number of rotatable bonds is 2. The molecule has 3 aromatic carbocycles. The normalized spacial score (nSPS) is 9.59. The molecule has 0 heterocycles. The smallest absolute Gasteiger partial charge is 0.335 e. The predicted molar refractivity (Wildman–Crippen MR) is 113 cm³/mol. The summed E-state index contributed by atoms with van der Waals surface area (Å²) in [5, 5.41) is 8.96. The zero-order chi connectivity index (χ0) is 20.8. The molecule has 3 aromatic rings. The van der Waals surface area contributed by atoms with Crippen LogP contribution in [0.15, 0.2) is 60.7 Å². The van der Waals surface area contributed by atoms with Crippen molar-refractivity contribution in [1.29, 1.82) is 0 Å². The Hall–Kier alpha value is -4.08. The Kier molecular flexibility index (Phi) is 5.93. The topological polar surface area (TPSA) is 54.4 Å². The van der Waals surface area contributed by atoms with Crippen molar-refractivity contribution in [2.45, 2.75) is 13.8 Å². The van der Waals surface area contributed by atoms with Crippen LogP contribution >= 0.6 is 0 Å². The van der Waals surface area contributed by atoms with Crippen LogP contribution in [0.1, 0.15) is 54.1 Å². The second-order valence-corrected chi connectivity index (χ2v) is 6.60. The lowest BCUT2D eigenvalue weighted by molar-refractivity contribution is 0.0696. The van der Waals surface area contributed by atoms with E-state index in [2.05, 4.69) is 23.7 Å². The van der Waals surface area contributed by atoms with E-state index in [1.807, 2.05) is 38.1 Å². The molecule has 140 valence electrons. The highest BCUT2D eigenvalue weighted by molar-refractivity contribution is 5.87. The molecule has 0 aliphatic rings. The number of hydrogen-bond donors (Lipinski definition) is 1. The molecular weight excluding hydrogens is 360 g/mol. The molecule has 0 aliphatic carbocycles. The minimum atomic E-state index is -0.952. The average molecular weight is 378 g/mol. The van der Waals surface area contributed by atoms with Crippen LogP contribution in [-0.2, 0) is 0 Å². The fraction of sp³-hybridized carbons (Fsp3) is 0.0769. The maximum absolute atomic E-state index is 10.9. The van der Waals surface area contributed by atoms with Gasteiger partial charge in [-0.05, 0) is 73.5 Å². The summed E-state index contributed by atoms with van der Waals surface area (Å²) in [5.74, 6) is 11.6. The Labute approximate surface area is 170 Å². The highest BCUT2D eigenvalue weighted by Crippen LogP contribution is 2.15. The highest BCUT2D eigenvalue weighted by Gasteiger charge is 2.02. The van der Waals surface area contributed by atoms with Gasteiger partial charge in [0.05, 0.1) is 5.56 Å². The summed E-state index contributed by atoms with van der Waals surface area (Å²) in [6, 6.07) is 17.7. The third-order valence-corrected chi connectivity index (χ3v) is 4.43. The third-order valence-electron chi connectivity index (χ3n) is 4.43. The van der Waals surface area contributed by atoms with Crippen molar-refractivity contribution in [3.63, 3.8) is 0 Å². The van der Waals surface area contributed by atoms with Gasteiger partial charge in [0.25, 0.3) is 0 Å². The van der Waals surface area contributed by atoms with E-state index in [0.717, 1.165) is 39.7 Å². The van der Waals surface area contributed by atoms with Gasteiger partial charge in [-0.25, -0.2) is 4.79 Å². The Morgan fingerprint density at radius 1 is 0.759 bits per heavy atom. The van der Waals surface area contributed by atoms with E-state index < -0.39 is 5.97 Å². The van der Waals surface area contributed by atoms with E-state index in [9.17, 15) is 9.59 Å². The van der Waals surface area contributed by atoms with E-state index in [1.165, 1.54) is 0 Å². The van der Waals surface area contributed by atoms with Gasteiger partial charge >= 0.3 is 5.97 Å². The van der Waals surface area contributed by atoms with Gasteiger partial charge in [0.1, 0.15) is 6.29 Å². The van der Waals surface area contributed by atoms with Crippen molar-refractivity contribution >= 4 is 12.3 Å². The van der Waals surface area contributed by atoms with Gasteiger partial charge in [0, 0.05) is 27.8 Å². The predicted octanol–water partition coefficient (Wildman–Crippen LogP) is 4.61. The van der Waals surface area contributed by atoms with Gasteiger partial charge in [-0.1, -0.05) is 35.8 Å². The molecule has 0 fully saturated rings. The minimum Gasteiger partial charge on any atom is -0.478 e. The van der Waals surface area contributed by atoms with Crippen LogP contribution in [0.3, 0.4) is 0 Å². The van der Waals surface area contributed by atoms with Crippen molar-refractivity contribution < 1.29 is 14.7 Å². The molecule has 0 saturated heterocycles. The number of carbonyl (C=O) groups is 2. The van der Waals surface area contributed by atoms with E-state index in [4.69, 9.17) is 5.11 Å². The Morgan fingerprint density at radius 3 is 1.62 bits per heavy atom. The number of carboxylic acids is 1. The van der Waals surface area contributed by atoms with Crippen LogP contribution in [0.2, 0.25) is 0 Å². The van der Waals surface area contributed by atoms with Crippen molar-refractivity contribution in [2.24, 2.45) is 0 Å². The first-order chi connectivity index (χ1) is 14.0. The molecule has 0 amide bonds. The van der Waals surface area contributed by atoms with Crippen molar-refractivity contribution in [1.82, 2.24) is 0 Å². The lowest BCUT2D eigenvalue weighted by Gasteiger charge is -2.04.